The Labute approximate surface area is 139 Å². The number of carbonyl (C=O) groups is 1. The van der Waals surface area contributed by atoms with Crippen LogP contribution in [0.1, 0.15) is 49.3 Å². The molecule has 0 saturated heterocycles. The summed E-state index contributed by atoms with van der Waals surface area (Å²) < 4.78 is 24.4. The lowest BCUT2D eigenvalue weighted by Gasteiger charge is -2.17. The van der Waals surface area contributed by atoms with Crippen LogP contribution < -0.4 is 5.32 Å². The summed E-state index contributed by atoms with van der Waals surface area (Å²) in [5, 5.41) is 2.51. The monoisotopic (exact) mass is 337 g/mol. The molecule has 0 aliphatic heterocycles. The zero-order chi connectivity index (χ0) is 17.0. The van der Waals surface area contributed by atoms with E-state index >= 15 is 0 Å². The number of amides is 1. The van der Waals surface area contributed by atoms with Crippen molar-refractivity contribution >= 4 is 15.7 Å². The van der Waals surface area contributed by atoms with E-state index in [4.69, 9.17) is 0 Å². The van der Waals surface area contributed by atoms with Crippen LogP contribution in [0.5, 0.6) is 0 Å². The van der Waals surface area contributed by atoms with Gasteiger partial charge >= 0.3 is 0 Å². The molecule has 4 nitrogen and oxygen atoms in total. The van der Waals surface area contributed by atoms with Gasteiger partial charge in [-0.05, 0) is 51.2 Å². The molecule has 5 heteroatoms. The Hall–Kier alpha value is -1.36. The third-order valence-corrected chi connectivity index (χ3v) is 6.73. The first-order valence-corrected chi connectivity index (χ1v) is 10.1. The summed E-state index contributed by atoms with van der Waals surface area (Å²) in [4.78, 5) is 12.1. The van der Waals surface area contributed by atoms with Gasteiger partial charge in [0.2, 0.25) is 5.91 Å². The highest BCUT2D eigenvalue weighted by molar-refractivity contribution is 7.92. The first kappa shape index (κ1) is 18.0. The number of rotatable bonds is 6. The summed E-state index contributed by atoms with van der Waals surface area (Å²) >= 11 is 0. The van der Waals surface area contributed by atoms with Crippen LogP contribution in [0.15, 0.2) is 18.2 Å². The molecule has 1 N–H and O–H groups in total. The molecule has 1 aliphatic rings. The van der Waals surface area contributed by atoms with E-state index in [1.165, 1.54) is 16.7 Å². The van der Waals surface area contributed by atoms with Crippen LogP contribution in [0, 0.1) is 13.8 Å². The quantitative estimate of drug-likeness (QED) is 0.868. The van der Waals surface area contributed by atoms with Crippen molar-refractivity contribution in [1.29, 1.82) is 0 Å². The predicted octanol–water partition coefficient (Wildman–Crippen LogP) is 2.71. The van der Waals surface area contributed by atoms with Crippen LogP contribution in [-0.4, -0.2) is 31.4 Å². The van der Waals surface area contributed by atoms with Crippen molar-refractivity contribution in [2.24, 2.45) is 0 Å². The van der Waals surface area contributed by atoms with Gasteiger partial charge < -0.3 is 5.32 Å². The summed E-state index contributed by atoms with van der Waals surface area (Å²) in [6.45, 7) is 6.02. The second kappa shape index (κ2) is 7.47. The van der Waals surface area contributed by atoms with E-state index in [0.717, 1.165) is 12.8 Å². The minimum Gasteiger partial charge on any atom is -0.352 e. The summed E-state index contributed by atoms with van der Waals surface area (Å²) in [6.07, 6.45) is 4.02. The number of nitrogens with one attached hydrogen (secondary N) is 1. The zero-order valence-electron chi connectivity index (χ0n) is 14.3. The average Bonchev–Trinajstić information content (AvgIpc) is 2.96. The molecule has 1 aromatic carbocycles. The summed E-state index contributed by atoms with van der Waals surface area (Å²) in [6, 6.07) is 6.17. The average molecular weight is 337 g/mol. The van der Waals surface area contributed by atoms with E-state index in [1.807, 2.05) is 6.92 Å². The molecule has 0 heterocycles. The van der Waals surface area contributed by atoms with E-state index in [1.54, 1.807) is 0 Å². The smallest absolute Gasteiger partial charge is 0.235 e. The van der Waals surface area contributed by atoms with Crippen LogP contribution in [-0.2, 0) is 21.1 Å². The lowest BCUT2D eigenvalue weighted by atomic mass is 10.00. The molecule has 0 spiro atoms. The Morgan fingerprint density at radius 2 is 1.91 bits per heavy atom. The number of sulfone groups is 1. The standard InChI is InChI=1S/C18H27NO3S/c1-13-8-9-16(14(2)10-13)11-15(3)19-18(20)12-23(21,22)17-6-4-5-7-17/h8-10,15,17H,4-7,11-12H2,1-3H3,(H,19,20). The molecular weight excluding hydrogens is 310 g/mol. The van der Waals surface area contributed by atoms with Gasteiger partial charge in [-0.15, -0.1) is 0 Å². The van der Waals surface area contributed by atoms with Crippen LogP contribution in [0.3, 0.4) is 0 Å². The van der Waals surface area contributed by atoms with E-state index < -0.39 is 9.84 Å². The highest BCUT2D eigenvalue weighted by Crippen LogP contribution is 2.25. The van der Waals surface area contributed by atoms with E-state index in [0.29, 0.717) is 19.3 Å². The third-order valence-electron chi connectivity index (χ3n) is 4.57. The van der Waals surface area contributed by atoms with Crippen molar-refractivity contribution in [2.75, 3.05) is 5.75 Å². The topological polar surface area (TPSA) is 63.2 Å². The molecule has 128 valence electrons. The van der Waals surface area contributed by atoms with Crippen molar-refractivity contribution in [3.8, 4) is 0 Å². The van der Waals surface area contributed by atoms with Crippen LogP contribution in [0.4, 0.5) is 0 Å². The molecule has 23 heavy (non-hydrogen) atoms. The summed E-state index contributed by atoms with van der Waals surface area (Å²) in [7, 11) is -3.30. The first-order chi connectivity index (χ1) is 10.8. The molecule has 0 bridgehead atoms. The molecule has 1 saturated carbocycles. The van der Waals surface area contributed by atoms with Crippen LogP contribution in [0.25, 0.3) is 0 Å². The van der Waals surface area contributed by atoms with Gasteiger partial charge in [0, 0.05) is 6.04 Å². The molecule has 0 aromatic heterocycles. The van der Waals surface area contributed by atoms with E-state index in [9.17, 15) is 13.2 Å². The Bertz CT molecular complexity index is 661. The molecule has 1 atom stereocenters. The second-order valence-corrected chi connectivity index (χ2v) is 9.10. The van der Waals surface area contributed by atoms with E-state index in [-0.39, 0.29) is 23.0 Å². The third kappa shape index (κ3) is 5.06. The lowest BCUT2D eigenvalue weighted by molar-refractivity contribution is -0.119. The number of aryl methyl sites for hydroxylation is 2. The van der Waals surface area contributed by atoms with Crippen LogP contribution >= 0.6 is 0 Å². The molecular formula is C18H27NO3S. The largest absolute Gasteiger partial charge is 0.352 e. The van der Waals surface area contributed by atoms with E-state index in [2.05, 4.69) is 37.4 Å². The number of benzene rings is 1. The fourth-order valence-electron chi connectivity index (χ4n) is 3.32. The fraction of sp³-hybridized carbons (Fsp3) is 0.611. The highest BCUT2D eigenvalue weighted by atomic mass is 32.2. The maximum atomic E-state index is 12.2. The SMILES string of the molecule is Cc1ccc(CC(C)NC(=O)CS(=O)(=O)C2CCCC2)c(C)c1. The van der Waals surface area contributed by atoms with Crippen molar-refractivity contribution in [2.45, 2.75) is 64.2 Å². The molecule has 1 fully saturated rings. The van der Waals surface area contributed by atoms with Gasteiger partial charge in [-0.1, -0.05) is 36.6 Å². The Balaban J connectivity index is 1.89. The van der Waals surface area contributed by atoms with Crippen molar-refractivity contribution < 1.29 is 13.2 Å². The molecule has 1 aliphatic carbocycles. The van der Waals surface area contributed by atoms with Gasteiger partial charge in [0.1, 0.15) is 5.75 Å². The maximum Gasteiger partial charge on any atom is 0.235 e. The van der Waals surface area contributed by atoms with Crippen molar-refractivity contribution in [3.05, 3.63) is 34.9 Å². The highest BCUT2D eigenvalue weighted by Gasteiger charge is 2.30. The summed E-state index contributed by atoms with van der Waals surface area (Å²) in [5.74, 6) is -0.760. The predicted molar refractivity (Wildman–Crippen MR) is 93.3 cm³/mol. The number of carbonyl (C=O) groups excluding carboxylic acids is 1. The van der Waals surface area contributed by atoms with Crippen LogP contribution in [0.2, 0.25) is 0 Å². The minimum atomic E-state index is -3.30. The van der Waals surface area contributed by atoms with Gasteiger partial charge in [0.15, 0.2) is 9.84 Å². The van der Waals surface area contributed by atoms with Gasteiger partial charge in [0.25, 0.3) is 0 Å². The summed E-state index contributed by atoms with van der Waals surface area (Å²) in [5.41, 5.74) is 3.59. The van der Waals surface area contributed by atoms with Gasteiger partial charge in [-0.3, -0.25) is 4.79 Å². The number of hydrogen-bond donors (Lipinski definition) is 1. The first-order valence-electron chi connectivity index (χ1n) is 8.35. The normalized spacial score (nSPS) is 17.2. The minimum absolute atomic E-state index is 0.0808. The Morgan fingerprint density at radius 3 is 2.52 bits per heavy atom. The van der Waals surface area contributed by atoms with Gasteiger partial charge in [-0.25, -0.2) is 8.42 Å². The fourth-order valence-corrected chi connectivity index (χ4v) is 5.06. The zero-order valence-corrected chi connectivity index (χ0v) is 15.1. The Kier molecular flexibility index (Phi) is 5.84. The molecule has 0 radical (unpaired) electrons. The van der Waals surface area contributed by atoms with Gasteiger partial charge in [0.05, 0.1) is 5.25 Å². The Morgan fingerprint density at radius 1 is 1.26 bits per heavy atom. The van der Waals surface area contributed by atoms with Gasteiger partial charge in [-0.2, -0.15) is 0 Å². The molecule has 1 aromatic rings. The lowest BCUT2D eigenvalue weighted by Crippen LogP contribution is -2.39. The molecule has 2 rings (SSSR count). The second-order valence-electron chi connectivity index (χ2n) is 6.82. The molecule has 1 unspecified atom stereocenters. The number of hydrogen-bond acceptors (Lipinski definition) is 3. The van der Waals surface area contributed by atoms with Crippen molar-refractivity contribution in [1.82, 2.24) is 5.32 Å². The maximum absolute atomic E-state index is 12.2. The van der Waals surface area contributed by atoms with Crippen molar-refractivity contribution in [3.63, 3.8) is 0 Å². The molecule has 1 amide bonds.